The van der Waals surface area contributed by atoms with E-state index in [0.717, 1.165) is 11.1 Å². The zero-order chi connectivity index (χ0) is 27.4. The number of likely N-dealkylation sites (N-methyl/N-ethyl adjacent to an activating group) is 1. The van der Waals surface area contributed by atoms with E-state index in [1.54, 1.807) is 69.1 Å². The van der Waals surface area contributed by atoms with Crippen molar-refractivity contribution in [1.29, 1.82) is 0 Å². The van der Waals surface area contributed by atoms with E-state index in [9.17, 15) is 18.0 Å². The molecule has 3 aromatic carbocycles. The van der Waals surface area contributed by atoms with Crippen LogP contribution in [0.3, 0.4) is 0 Å². The molecular weight excluding hydrogens is 504 g/mol. The van der Waals surface area contributed by atoms with E-state index in [2.05, 4.69) is 10.0 Å². The number of nitrogens with one attached hydrogen (secondary N) is 2. The second-order valence-electron chi connectivity index (χ2n) is 8.91. The van der Waals surface area contributed by atoms with Crippen LogP contribution in [0.15, 0.2) is 83.8 Å². The number of sulfonamides is 1. The molecule has 3 amide bonds. The van der Waals surface area contributed by atoms with Gasteiger partial charge >= 0.3 is 6.03 Å². The number of urea groups is 1. The van der Waals surface area contributed by atoms with Gasteiger partial charge in [-0.25, -0.2) is 17.9 Å². The third kappa shape index (κ3) is 5.50. The molecule has 0 spiro atoms. The Labute approximate surface area is 222 Å². The van der Waals surface area contributed by atoms with Crippen molar-refractivity contribution in [2.45, 2.75) is 24.3 Å². The Hall–Kier alpha value is -4.31. The molecule has 9 nitrogen and oxygen atoms in total. The number of amides is 3. The zero-order valence-corrected chi connectivity index (χ0v) is 22.5. The minimum Gasteiger partial charge on any atom is -0.497 e. The van der Waals surface area contributed by atoms with Gasteiger partial charge in [0.05, 0.1) is 7.11 Å². The van der Waals surface area contributed by atoms with Crippen LogP contribution in [0.1, 0.15) is 11.3 Å². The van der Waals surface area contributed by atoms with Crippen molar-refractivity contribution in [3.8, 4) is 5.75 Å². The minimum absolute atomic E-state index is 0.0204. The van der Waals surface area contributed by atoms with E-state index in [1.165, 1.54) is 4.90 Å². The van der Waals surface area contributed by atoms with Gasteiger partial charge in [-0.05, 0) is 42.8 Å². The third-order valence-corrected chi connectivity index (χ3v) is 8.02. The average Bonchev–Trinajstić information content (AvgIpc) is 3.18. The van der Waals surface area contributed by atoms with Crippen LogP contribution >= 0.6 is 0 Å². The molecule has 1 heterocycles. The van der Waals surface area contributed by atoms with Crippen molar-refractivity contribution in [2.24, 2.45) is 7.05 Å². The Bertz CT molecular complexity index is 1560. The fourth-order valence-electron chi connectivity index (χ4n) is 4.40. The lowest BCUT2D eigenvalue weighted by Crippen LogP contribution is -2.52. The minimum atomic E-state index is -4.24. The number of ether oxygens (including phenoxy) is 1. The molecule has 0 aliphatic rings. The van der Waals surface area contributed by atoms with Crippen molar-refractivity contribution in [3.63, 3.8) is 0 Å². The Morgan fingerprint density at radius 3 is 2.26 bits per heavy atom. The maximum atomic E-state index is 13.5. The molecule has 0 radical (unpaired) electrons. The summed E-state index contributed by atoms with van der Waals surface area (Å²) >= 11 is 0. The summed E-state index contributed by atoms with van der Waals surface area (Å²) in [4.78, 5) is 28.0. The van der Waals surface area contributed by atoms with E-state index in [1.807, 2.05) is 42.5 Å². The number of para-hydroxylation sites is 1. The standard InChI is InChI=1S/C28H30N4O5S/c1-19-26(23-12-8-9-13-25(23)31(19)2)38(35,36)30-28(34)29-24(18-20-10-6-5-7-11-20)27(33)32(3)21-14-16-22(37-4)17-15-21/h5-17,24H,18H2,1-4H3,(H2,29,30,34). The topological polar surface area (TPSA) is 110 Å². The fourth-order valence-corrected chi connectivity index (χ4v) is 5.80. The highest BCUT2D eigenvalue weighted by molar-refractivity contribution is 7.90. The summed E-state index contributed by atoms with van der Waals surface area (Å²) in [5.74, 6) is 0.231. The van der Waals surface area contributed by atoms with Gasteiger partial charge in [0, 0.05) is 42.8 Å². The lowest BCUT2D eigenvalue weighted by atomic mass is 10.0. The Balaban J connectivity index is 1.59. The van der Waals surface area contributed by atoms with E-state index < -0.39 is 28.0 Å². The normalized spacial score (nSPS) is 12.1. The number of carbonyl (C=O) groups excluding carboxylic acids is 2. The van der Waals surface area contributed by atoms with Crippen molar-refractivity contribution in [1.82, 2.24) is 14.6 Å². The highest BCUT2D eigenvalue weighted by Gasteiger charge is 2.30. The summed E-state index contributed by atoms with van der Waals surface area (Å²) in [7, 11) is 0.669. The maximum Gasteiger partial charge on any atom is 0.329 e. The lowest BCUT2D eigenvalue weighted by molar-refractivity contribution is -0.120. The van der Waals surface area contributed by atoms with Crippen LogP contribution in [-0.2, 0) is 28.3 Å². The number of rotatable bonds is 8. The molecular formula is C28H30N4O5S. The number of nitrogens with zero attached hydrogens (tertiary/aromatic N) is 2. The number of methoxy groups -OCH3 is 1. The van der Waals surface area contributed by atoms with E-state index >= 15 is 0 Å². The maximum absolute atomic E-state index is 13.5. The van der Waals surface area contributed by atoms with Crippen LogP contribution < -0.4 is 19.7 Å². The molecule has 4 rings (SSSR count). The summed E-state index contributed by atoms with van der Waals surface area (Å²) in [6.45, 7) is 1.68. The number of hydrogen-bond donors (Lipinski definition) is 2. The number of hydrogen-bond acceptors (Lipinski definition) is 5. The van der Waals surface area contributed by atoms with Crippen LogP contribution in [0, 0.1) is 6.92 Å². The number of aryl methyl sites for hydroxylation is 1. The second kappa shape index (κ2) is 11.0. The van der Waals surface area contributed by atoms with E-state index in [0.29, 0.717) is 22.5 Å². The average molecular weight is 535 g/mol. The SMILES string of the molecule is COc1ccc(N(C)C(=O)C(Cc2ccccc2)NC(=O)NS(=O)(=O)c2c(C)n(C)c3ccccc23)cc1. The molecule has 10 heteroatoms. The first-order valence-electron chi connectivity index (χ1n) is 11.9. The smallest absolute Gasteiger partial charge is 0.329 e. The Morgan fingerprint density at radius 1 is 0.974 bits per heavy atom. The predicted octanol–water partition coefficient (Wildman–Crippen LogP) is 3.76. The van der Waals surface area contributed by atoms with Crippen LogP contribution in [0.25, 0.3) is 10.9 Å². The summed E-state index contributed by atoms with van der Waals surface area (Å²) in [5.41, 5.74) is 2.61. The summed E-state index contributed by atoms with van der Waals surface area (Å²) < 4.78 is 35.7. The number of fused-ring (bicyclic) bond motifs is 1. The van der Waals surface area contributed by atoms with Crippen LogP contribution in [0.4, 0.5) is 10.5 Å². The molecule has 0 aliphatic heterocycles. The van der Waals surface area contributed by atoms with Gasteiger partial charge in [0.15, 0.2) is 0 Å². The molecule has 0 fully saturated rings. The molecule has 1 atom stereocenters. The number of aromatic nitrogens is 1. The molecule has 1 aromatic heterocycles. The van der Waals surface area contributed by atoms with Gasteiger partial charge in [-0.3, -0.25) is 4.79 Å². The first-order valence-corrected chi connectivity index (χ1v) is 13.4. The highest BCUT2D eigenvalue weighted by Crippen LogP contribution is 2.28. The van der Waals surface area contributed by atoms with Gasteiger partial charge < -0.3 is 19.5 Å². The lowest BCUT2D eigenvalue weighted by Gasteiger charge is -2.25. The zero-order valence-electron chi connectivity index (χ0n) is 21.6. The summed E-state index contributed by atoms with van der Waals surface area (Å²) in [6, 6.07) is 21.1. The highest BCUT2D eigenvalue weighted by atomic mass is 32.2. The number of anilines is 1. The van der Waals surface area contributed by atoms with Crippen molar-refractivity contribution in [2.75, 3.05) is 19.1 Å². The number of carbonyl (C=O) groups is 2. The molecule has 0 saturated carbocycles. The van der Waals surface area contributed by atoms with Gasteiger partial charge in [-0.1, -0.05) is 48.5 Å². The molecule has 0 saturated heterocycles. The second-order valence-corrected chi connectivity index (χ2v) is 10.5. The van der Waals surface area contributed by atoms with Crippen LogP contribution in [0.5, 0.6) is 5.75 Å². The van der Waals surface area contributed by atoms with Gasteiger partial charge in [-0.2, -0.15) is 0 Å². The van der Waals surface area contributed by atoms with Gasteiger partial charge in [0.25, 0.3) is 10.0 Å². The Morgan fingerprint density at radius 2 is 1.61 bits per heavy atom. The monoisotopic (exact) mass is 534 g/mol. The molecule has 198 valence electrons. The van der Waals surface area contributed by atoms with Crippen molar-refractivity contribution >= 4 is 38.6 Å². The number of benzene rings is 3. The Kier molecular flexibility index (Phi) is 7.72. The van der Waals surface area contributed by atoms with Gasteiger partial charge in [0.1, 0.15) is 16.7 Å². The quantitative estimate of drug-likeness (QED) is 0.358. The predicted molar refractivity (Wildman–Crippen MR) is 147 cm³/mol. The van der Waals surface area contributed by atoms with E-state index in [4.69, 9.17) is 4.74 Å². The van der Waals surface area contributed by atoms with E-state index in [-0.39, 0.29) is 11.3 Å². The third-order valence-electron chi connectivity index (χ3n) is 6.51. The first kappa shape index (κ1) is 26.7. The van der Waals surface area contributed by atoms with Crippen LogP contribution in [0.2, 0.25) is 0 Å². The summed E-state index contributed by atoms with van der Waals surface area (Å²) in [6.07, 6.45) is 0.168. The molecule has 2 N–H and O–H groups in total. The first-order chi connectivity index (χ1) is 18.1. The van der Waals surface area contributed by atoms with Crippen LogP contribution in [-0.4, -0.2) is 45.1 Å². The molecule has 0 aliphatic carbocycles. The van der Waals surface area contributed by atoms with Gasteiger partial charge in [-0.15, -0.1) is 0 Å². The van der Waals surface area contributed by atoms with Crippen molar-refractivity contribution in [3.05, 3.63) is 90.1 Å². The fraction of sp³-hybridized carbons (Fsp3) is 0.214. The largest absolute Gasteiger partial charge is 0.497 e. The molecule has 38 heavy (non-hydrogen) atoms. The van der Waals surface area contributed by atoms with Crippen molar-refractivity contribution < 1.29 is 22.7 Å². The van der Waals surface area contributed by atoms with Gasteiger partial charge in [0.2, 0.25) is 5.91 Å². The molecule has 1 unspecified atom stereocenters. The molecule has 0 bridgehead atoms. The molecule has 4 aromatic rings. The summed E-state index contributed by atoms with van der Waals surface area (Å²) in [5, 5.41) is 3.09.